The summed E-state index contributed by atoms with van der Waals surface area (Å²) in [6.07, 6.45) is 0.741. The number of hydrogen-bond acceptors (Lipinski definition) is 5. The molecule has 0 fully saturated rings. The lowest BCUT2D eigenvalue weighted by Crippen LogP contribution is -1.96. The van der Waals surface area contributed by atoms with Crippen LogP contribution in [-0.4, -0.2) is 33.4 Å². The van der Waals surface area contributed by atoms with Crippen LogP contribution in [-0.2, 0) is 0 Å². The van der Waals surface area contributed by atoms with Crippen molar-refractivity contribution in [2.45, 2.75) is 0 Å². The minimum atomic E-state index is 0.454. The Labute approximate surface area is 95.8 Å². The number of carbonyl (C=O) groups is 1. The molecule has 2 aromatic heterocycles. The van der Waals surface area contributed by atoms with Crippen LogP contribution >= 0.6 is 0 Å². The topological polar surface area (TPSA) is 69.4 Å². The third-order valence-corrected chi connectivity index (χ3v) is 2.63. The summed E-state index contributed by atoms with van der Waals surface area (Å²) in [4.78, 5) is 11.0. The molecule has 3 aromatic rings. The molecule has 0 aliphatic carbocycles. The van der Waals surface area contributed by atoms with E-state index < -0.39 is 0 Å². The molecule has 6 nitrogen and oxygen atoms in total. The van der Waals surface area contributed by atoms with Gasteiger partial charge >= 0.3 is 0 Å². The molecule has 0 atom stereocenters. The fourth-order valence-corrected chi connectivity index (χ4v) is 1.82. The molecule has 0 amide bonds. The molecule has 3 rings (SSSR count). The first-order valence-electron chi connectivity index (χ1n) is 4.97. The van der Waals surface area contributed by atoms with Gasteiger partial charge in [0.25, 0.3) is 0 Å². The van der Waals surface area contributed by atoms with E-state index in [-0.39, 0.29) is 0 Å². The van der Waals surface area contributed by atoms with Crippen LogP contribution in [0.4, 0.5) is 0 Å². The van der Waals surface area contributed by atoms with E-state index in [1.54, 1.807) is 17.7 Å². The minimum Gasteiger partial charge on any atom is -0.497 e. The Morgan fingerprint density at radius 3 is 3.00 bits per heavy atom. The van der Waals surface area contributed by atoms with Gasteiger partial charge in [0.15, 0.2) is 11.9 Å². The van der Waals surface area contributed by atoms with E-state index >= 15 is 0 Å². The lowest BCUT2D eigenvalue weighted by Gasteiger charge is -2.04. The fraction of sp³-hybridized carbons (Fsp3) is 0.0909. The highest BCUT2D eigenvalue weighted by atomic mass is 16.5. The molecule has 0 unspecified atom stereocenters. The van der Waals surface area contributed by atoms with Gasteiger partial charge in [0.1, 0.15) is 5.75 Å². The van der Waals surface area contributed by atoms with Crippen molar-refractivity contribution >= 4 is 22.8 Å². The number of methoxy groups -OCH3 is 1. The largest absolute Gasteiger partial charge is 0.497 e. The quantitative estimate of drug-likeness (QED) is 0.614. The Hall–Kier alpha value is -2.50. The lowest BCUT2D eigenvalue weighted by molar-refractivity contribution is 0.112. The maximum atomic E-state index is 11.0. The summed E-state index contributed by atoms with van der Waals surface area (Å²) in [6.45, 7) is 0. The average molecular weight is 228 g/mol. The van der Waals surface area contributed by atoms with Gasteiger partial charge in [-0.3, -0.25) is 4.79 Å². The summed E-state index contributed by atoms with van der Waals surface area (Å²) in [6, 6.07) is 7.26. The van der Waals surface area contributed by atoms with Crippen molar-refractivity contribution in [3.05, 3.63) is 29.8 Å². The van der Waals surface area contributed by atoms with Crippen LogP contribution in [0, 0.1) is 0 Å². The molecule has 0 aliphatic heterocycles. The van der Waals surface area contributed by atoms with Crippen molar-refractivity contribution in [3.63, 3.8) is 0 Å². The molecule has 1 aromatic carbocycles. The Kier molecular flexibility index (Phi) is 2.01. The van der Waals surface area contributed by atoms with Crippen LogP contribution in [0.15, 0.2) is 24.3 Å². The number of pyridine rings is 1. The molecule has 2 heterocycles. The molecule has 0 aliphatic rings. The number of fused-ring (bicyclic) bond motifs is 3. The number of aromatic nitrogens is 4. The van der Waals surface area contributed by atoms with Crippen LogP contribution in [0.1, 0.15) is 10.4 Å². The minimum absolute atomic E-state index is 0.454. The highest BCUT2D eigenvalue weighted by Gasteiger charge is 2.09. The van der Waals surface area contributed by atoms with Gasteiger partial charge in [0.05, 0.1) is 18.2 Å². The number of rotatable bonds is 2. The number of hydrogen-bond donors (Lipinski definition) is 0. The number of benzene rings is 1. The third kappa shape index (κ3) is 1.34. The first kappa shape index (κ1) is 9.71. The van der Waals surface area contributed by atoms with Gasteiger partial charge in [-0.25, -0.2) is 0 Å². The standard InChI is InChI=1S/C11H8N4O2/c1-17-9-2-3-10-7(5-9)4-8(6-16)11-12-13-14-15(10)11/h2-6H,1H3. The molecule has 6 heteroatoms. The summed E-state index contributed by atoms with van der Waals surface area (Å²) in [5.41, 5.74) is 1.74. The second-order valence-electron chi connectivity index (χ2n) is 3.56. The zero-order valence-corrected chi connectivity index (χ0v) is 8.99. The summed E-state index contributed by atoms with van der Waals surface area (Å²) in [7, 11) is 1.59. The monoisotopic (exact) mass is 228 g/mol. The van der Waals surface area contributed by atoms with E-state index in [1.807, 2.05) is 18.2 Å². The van der Waals surface area contributed by atoms with Crippen LogP contribution in [0.5, 0.6) is 5.75 Å². The van der Waals surface area contributed by atoms with Crippen molar-refractivity contribution in [2.24, 2.45) is 0 Å². The van der Waals surface area contributed by atoms with Gasteiger partial charge in [-0.1, -0.05) is 0 Å². The van der Waals surface area contributed by atoms with Crippen molar-refractivity contribution in [1.29, 1.82) is 0 Å². The molecule has 0 saturated heterocycles. The molecular formula is C11H8N4O2. The van der Waals surface area contributed by atoms with E-state index in [0.717, 1.165) is 22.9 Å². The summed E-state index contributed by atoms with van der Waals surface area (Å²) in [5, 5.41) is 12.1. The predicted octanol–water partition coefficient (Wildman–Crippen LogP) is 1.10. The lowest BCUT2D eigenvalue weighted by atomic mass is 10.1. The molecule has 0 N–H and O–H groups in total. The van der Waals surface area contributed by atoms with E-state index in [9.17, 15) is 4.79 Å². The summed E-state index contributed by atoms with van der Waals surface area (Å²) in [5.74, 6) is 0.724. The van der Waals surface area contributed by atoms with E-state index in [4.69, 9.17) is 4.74 Å². The van der Waals surface area contributed by atoms with Gasteiger partial charge < -0.3 is 4.74 Å². The zero-order valence-electron chi connectivity index (χ0n) is 8.99. The van der Waals surface area contributed by atoms with Gasteiger partial charge in [0.2, 0.25) is 0 Å². The van der Waals surface area contributed by atoms with Crippen molar-refractivity contribution in [1.82, 2.24) is 20.0 Å². The maximum Gasteiger partial charge on any atom is 0.190 e. The smallest absolute Gasteiger partial charge is 0.190 e. The third-order valence-electron chi connectivity index (χ3n) is 2.63. The van der Waals surface area contributed by atoms with Crippen LogP contribution in [0.25, 0.3) is 16.6 Å². The second-order valence-corrected chi connectivity index (χ2v) is 3.56. The number of ether oxygens (including phenoxy) is 1. The van der Waals surface area contributed by atoms with Crippen LogP contribution < -0.4 is 4.74 Å². The Morgan fingerprint density at radius 1 is 1.35 bits per heavy atom. The Bertz CT molecular complexity index is 720. The predicted molar refractivity (Wildman–Crippen MR) is 60.2 cm³/mol. The molecule has 17 heavy (non-hydrogen) atoms. The zero-order chi connectivity index (χ0) is 11.8. The van der Waals surface area contributed by atoms with Crippen molar-refractivity contribution in [3.8, 4) is 5.75 Å². The molecular weight excluding hydrogens is 220 g/mol. The summed E-state index contributed by atoms with van der Waals surface area (Å²) >= 11 is 0. The number of carbonyl (C=O) groups excluding carboxylic acids is 1. The number of aldehydes is 1. The van der Waals surface area contributed by atoms with Crippen molar-refractivity contribution in [2.75, 3.05) is 7.11 Å². The SMILES string of the molecule is COc1ccc2c(c1)cc(C=O)c1nnnn12. The Morgan fingerprint density at radius 2 is 2.24 bits per heavy atom. The number of nitrogens with zero attached hydrogens (tertiary/aromatic N) is 4. The fourth-order valence-electron chi connectivity index (χ4n) is 1.82. The average Bonchev–Trinajstić information content (AvgIpc) is 2.86. The number of tetrazole rings is 1. The van der Waals surface area contributed by atoms with Gasteiger partial charge in [-0.15, -0.1) is 5.10 Å². The van der Waals surface area contributed by atoms with Gasteiger partial charge in [0, 0.05) is 5.39 Å². The highest BCUT2D eigenvalue weighted by Crippen LogP contribution is 2.22. The van der Waals surface area contributed by atoms with E-state index in [1.165, 1.54) is 0 Å². The van der Waals surface area contributed by atoms with Crippen molar-refractivity contribution < 1.29 is 9.53 Å². The molecule has 0 bridgehead atoms. The van der Waals surface area contributed by atoms with Crippen LogP contribution in [0.3, 0.4) is 0 Å². The molecule has 0 spiro atoms. The molecule has 0 radical (unpaired) electrons. The second kappa shape index (κ2) is 3.51. The first-order chi connectivity index (χ1) is 8.33. The van der Waals surface area contributed by atoms with Crippen LogP contribution in [0.2, 0.25) is 0 Å². The van der Waals surface area contributed by atoms with Gasteiger partial charge in [-0.05, 0) is 34.7 Å². The Balaban J connectivity index is 2.48. The molecule has 0 saturated carbocycles. The highest BCUT2D eigenvalue weighted by molar-refractivity contribution is 5.93. The van der Waals surface area contributed by atoms with Gasteiger partial charge in [-0.2, -0.15) is 4.52 Å². The van der Waals surface area contributed by atoms with E-state index in [0.29, 0.717) is 11.2 Å². The first-order valence-corrected chi connectivity index (χ1v) is 4.97. The summed E-state index contributed by atoms with van der Waals surface area (Å²) < 4.78 is 6.68. The van der Waals surface area contributed by atoms with E-state index in [2.05, 4.69) is 15.5 Å². The maximum absolute atomic E-state index is 11.0. The molecule has 84 valence electrons. The normalized spacial score (nSPS) is 10.9.